The van der Waals surface area contributed by atoms with Crippen molar-refractivity contribution in [3.63, 3.8) is 0 Å². The highest BCUT2D eigenvalue weighted by molar-refractivity contribution is 4.51. The largest absolute Gasteiger partial charge is 0.393 e. The zero-order valence-electron chi connectivity index (χ0n) is 7.06. The predicted octanol–water partition coefficient (Wildman–Crippen LogP) is 1.15. The lowest BCUT2D eigenvalue weighted by Crippen LogP contribution is -2.19. The molecule has 0 saturated heterocycles. The molecule has 0 rings (SSSR count). The standard InChI is InChI=1S/C8H19NO/c1-3-4-6-9-7-5-8(2)10/h8-10H,3-7H2,1-2H3/t8-/m1/s1. The monoisotopic (exact) mass is 145 g/mol. The first kappa shape index (κ1) is 9.92. The topological polar surface area (TPSA) is 32.3 Å². The highest BCUT2D eigenvalue weighted by Gasteiger charge is 1.92. The van der Waals surface area contributed by atoms with Gasteiger partial charge in [-0.05, 0) is 32.9 Å². The fourth-order valence-corrected chi connectivity index (χ4v) is 0.738. The van der Waals surface area contributed by atoms with Crippen LogP contribution < -0.4 is 5.32 Å². The molecular weight excluding hydrogens is 126 g/mol. The van der Waals surface area contributed by atoms with Crippen LogP contribution in [0, 0.1) is 0 Å². The molecule has 0 amide bonds. The highest BCUT2D eigenvalue weighted by atomic mass is 16.3. The van der Waals surface area contributed by atoms with Gasteiger partial charge >= 0.3 is 0 Å². The van der Waals surface area contributed by atoms with Crippen molar-refractivity contribution >= 4 is 0 Å². The van der Waals surface area contributed by atoms with E-state index in [2.05, 4.69) is 12.2 Å². The van der Waals surface area contributed by atoms with Crippen LogP contribution in [0.2, 0.25) is 0 Å². The zero-order valence-corrected chi connectivity index (χ0v) is 7.06. The van der Waals surface area contributed by atoms with Crippen LogP contribution in [-0.4, -0.2) is 24.3 Å². The molecule has 0 unspecified atom stereocenters. The minimum Gasteiger partial charge on any atom is -0.393 e. The first-order chi connectivity index (χ1) is 4.77. The molecule has 62 valence electrons. The minimum absolute atomic E-state index is 0.158. The summed E-state index contributed by atoms with van der Waals surface area (Å²) in [6.07, 6.45) is 3.18. The van der Waals surface area contributed by atoms with Gasteiger partial charge in [0.15, 0.2) is 0 Å². The summed E-state index contributed by atoms with van der Waals surface area (Å²) in [5, 5.41) is 12.1. The van der Waals surface area contributed by atoms with Crippen molar-refractivity contribution in [2.45, 2.75) is 39.2 Å². The Hall–Kier alpha value is -0.0800. The average molecular weight is 145 g/mol. The van der Waals surface area contributed by atoms with Crippen molar-refractivity contribution in [3.05, 3.63) is 0 Å². The number of aliphatic hydroxyl groups is 1. The summed E-state index contributed by atoms with van der Waals surface area (Å²) in [4.78, 5) is 0. The molecule has 0 aliphatic heterocycles. The first-order valence-electron chi connectivity index (χ1n) is 4.16. The molecule has 0 spiro atoms. The van der Waals surface area contributed by atoms with E-state index in [4.69, 9.17) is 5.11 Å². The molecule has 0 bridgehead atoms. The van der Waals surface area contributed by atoms with E-state index >= 15 is 0 Å². The van der Waals surface area contributed by atoms with Gasteiger partial charge in [0.1, 0.15) is 0 Å². The molecule has 1 atom stereocenters. The van der Waals surface area contributed by atoms with Crippen molar-refractivity contribution in [2.24, 2.45) is 0 Å². The zero-order chi connectivity index (χ0) is 7.82. The number of unbranched alkanes of at least 4 members (excludes halogenated alkanes) is 1. The average Bonchev–Trinajstić information content (AvgIpc) is 1.87. The van der Waals surface area contributed by atoms with Gasteiger partial charge in [-0.25, -0.2) is 0 Å². The van der Waals surface area contributed by atoms with E-state index in [1.165, 1.54) is 12.8 Å². The summed E-state index contributed by atoms with van der Waals surface area (Å²) < 4.78 is 0. The number of rotatable bonds is 6. The summed E-state index contributed by atoms with van der Waals surface area (Å²) >= 11 is 0. The Morgan fingerprint density at radius 3 is 2.60 bits per heavy atom. The first-order valence-corrected chi connectivity index (χ1v) is 4.16. The van der Waals surface area contributed by atoms with Gasteiger partial charge in [-0.1, -0.05) is 13.3 Å². The fourth-order valence-electron chi connectivity index (χ4n) is 0.738. The fraction of sp³-hybridized carbons (Fsp3) is 1.00. The molecule has 0 radical (unpaired) electrons. The van der Waals surface area contributed by atoms with E-state index in [9.17, 15) is 0 Å². The predicted molar refractivity (Wildman–Crippen MR) is 44.1 cm³/mol. The lowest BCUT2D eigenvalue weighted by Gasteiger charge is -2.04. The highest BCUT2D eigenvalue weighted by Crippen LogP contribution is 1.87. The summed E-state index contributed by atoms with van der Waals surface area (Å²) in [6, 6.07) is 0. The Balaban J connectivity index is 2.77. The van der Waals surface area contributed by atoms with Crippen LogP contribution in [0.25, 0.3) is 0 Å². The Morgan fingerprint density at radius 1 is 1.40 bits per heavy atom. The number of hydrogen-bond donors (Lipinski definition) is 2. The van der Waals surface area contributed by atoms with Crippen LogP contribution in [0.1, 0.15) is 33.1 Å². The van der Waals surface area contributed by atoms with E-state index in [1.807, 2.05) is 6.92 Å². The van der Waals surface area contributed by atoms with Crippen LogP contribution in [-0.2, 0) is 0 Å². The third kappa shape index (κ3) is 7.92. The second-order valence-corrected chi connectivity index (χ2v) is 2.74. The summed E-state index contributed by atoms with van der Waals surface area (Å²) in [7, 11) is 0. The smallest absolute Gasteiger partial charge is 0.0524 e. The molecule has 0 aromatic heterocycles. The maximum absolute atomic E-state index is 8.87. The number of nitrogens with one attached hydrogen (secondary N) is 1. The normalized spacial score (nSPS) is 13.5. The van der Waals surface area contributed by atoms with Crippen molar-refractivity contribution in [2.75, 3.05) is 13.1 Å². The molecule has 0 saturated carbocycles. The molecule has 0 aliphatic rings. The van der Waals surface area contributed by atoms with Gasteiger partial charge in [-0.3, -0.25) is 0 Å². The van der Waals surface area contributed by atoms with Gasteiger partial charge in [-0.15, -0.1) is 0 Å². The third-order valence-corrected chi connectivity index (χ3v) is 1.45. The van der Waals surface area contributed by atoms with E-state index in [-0.39, 0.29) is 6.10 Å². The molecule has 0 aromatic carbocycles. The van der Waals surface area contributed by atoms with E-state index < -0.39 is 0 Å². The maximum Gasteiger partial charge on any atom is 0.0524 e. The lowest BCUT2D eigenvalue weighted by molar-refractivity contribution is 0.184. The summed E-state index contributed by atoms with van der Waals surface area (Å²) in [6.45, 7) is 6.03. The quantitative estimate of drug-likeness (QED) is 0.549. The van der Waals surface area contributed by atoms with Gasteiger partial charge in [0.2, 0.25) is 0 Å². The van der Waals surface area contributed by atoms with E-state index in [1.54, 1.807) is 0 Å². The van der Waals surface area contributed by atoms with Crippen molar-refractivity contribution < 1.29 is 5.11 Å². The van der Waals surface area contributed by atoms with Crippen LogP contribution in [0.4, 0.5) is 0 Å². The van der Waals surface area contributed by atoms with Gasteiger partial charge < -0.3 is 10.4 Å². The Labute approximate surface area is 63.6 Å². The molecule has 2 heteroatoms. The lowest BCUT2D eigenvalue weighted by atomic mass is 10.3. The Bertz CT molecular complexity index is 64.3. The molecule has 0 aromatic rings. The molecule has 0 heterocycles. The maximum atomic E-state index is 8.87. The SMILES string of the molecule is CCCCNCC[C@@H](C)O. The summed E-state index contributed by atoms with van der Waals surface area (Å²) in [5.41, 5.74) is 0. The van der Waals surface area contributed by atoms with Crippen LogP contribution in [0.15, 0.2) is 0 Å². The van der Waals surface area contributed by atoms with Crippen molar-refractivity contribution in [1.29, 1.82) is 0 Å². The molecular formula is C8H19NO. The Kier molecular flexibility index (Phi) is 6.98. The second-order valence-electron chi connectivity index (χ2n) is 2.74. The van der Waals surface area contributed by atoms with Gasteiger partial charge in [0.25, 0.3) is 0 Å². The van der Waals surface area contributed by atoms with Gasteiger partial charge in [-0.2, -0.15) is 0 Å². The van der Waals surface area contributed by atoms with E-state index in [0.29, 0.717) is 0 Å². The number of hydrogen-bond acceptors (Lipinski definition) is 2. The molecule has 0 aliphatic carbocycles. The van der Waals surface area contributed by atoms with Crippen molar-refractivity contribution in [1.82, 2.24) is 5.32 Å². The van der Waals surface area contributed by atoms with Crippen LogP contribution >= 0.6 is 0 Å². The molecule has 0 fully saturated rings. The number of aliphatic hydroxyl groups excluding tert-OH is 1. The van der Waals surface area contributed by atoms with Crippen LogP contribution in [0.5, 0.6) is 0 Å². The van der Waals surface area contributed by atoms with Gasteiger partial charge in [0, 0.05) is 0 Å². The van der Waals surface area contributed by atoms with Crippen LogP contribution in [0.3, 0.4) is 0 Å². The second kappa shape index (κ2) is 7.03. The summed E-state index contributed by atoms with van der Waals surface area (Å²) in [5.74, 6) is 0. The van der Waals surface area contributed by atoms with E-state index in [0.717, 1.165) is 19.5 Å². The molecule has 10 heavy (non-hydrogen) atoms. The Morgan fingerprint density at radius 2 is 2.10 bits per heavy atom. The van der Waals surface area contributed by atoms with Gasteiger partial charge in [0.05, 0.1) is 6.10 Å². The third-order valence-electron chi connectivity index (χ3n) is 1.45. The van der Waals surface area contributed by atoms with Crippen molar-refractivity contribution in [3.8, 4) is 0 Å². The molecule has 2 nitrogen and oxygen atoms in total. The molecule has 2 N–H and O–H groups in total. The minimum atomic E-state index is -0.158.